The first kappa shape index (κ1) is 22.3. The molecule has 2 N–H and O–H groups in total. The summed E-state index contributed by atoms with van der Waals surface area (Å²) in [7, 11) is 0. The second-order valence-electron chi connectivity index (χ2n) is 7.65. The lowest BCUT2D eigenvalue weighted by Gasteiger charge is -2.23. The summed E-state index contributed by atoms with van der Waals surface area (Å²) in [6, 6.07) is 1.35. The molecule has 1 saturated heterocycles. The lowest BCUT2D eigenvalue weighted by Crippen LogP contribution is -2.40. The number of likely N-dealkylation sites (tertiary alicyclic amines) is 1. The average Bonchev–Trinajstić information content (AvgIpc) is 2.92. The Hall–Kier alpha value is -2.00. The first-order valence-electron chi connectivity index (χ1n) is 8.61. The van der Waals surface area contributed by atoms with Crippen LogP contribution in [-0.4, -0.2) is 46.8 Å². The van der Waals surface area contributed by atoms with Gasteiger partial charge in [0.25, 0.3) is 0 Å². The molecule has 10 heteroatoms. The van der Waals surface area contributed by atoms with E-state index in [0.29, 0.717) is 25.6 Å². The summed E-state index contributed by atoms with van der Waals surface area (Å²) in [4.78, 5) is 24.6. The minimum absolute atomic E-state index is 0.111. The van der Waals surface area contributed by atoms with E-state index in [2.05, 4.69) is 5.32 Å². The summed E-state index contributed by atoms with van der Waals surface area (Å²) in [6.07, 6.45) is -4.77. The third-order valence-corrected chi connectivity index (χ3v) is 4.46. The van der Waals surface area contributed by atoms with Crippen molar-refractivity contribution in [2.45, 2.75) is 51.6 Å². The molecule has 1 heterocycles. The average molecular weight is 423 g/mol. The number of amides is 1. The molecule has 1 aromatic rings. The number of nitrogens with zero attached hydrogens (tertiary/aromatic N) is 1. The second-order valence-corrected chi connectivity index (χ2v) is 8.06. The lowest BCUT2D eigenvalue weighted by atomic mass is 10.0. The normalized spacial score (nSPS) is 18.2. The van der Waals surface area contributed by atoms with Crippen LogP contribution in [-0.2, 0) is 17.5 Å². The fourth-order valence-corrected chi connectivity index (χ4v) is 3.24. The Morgan fingerprint density at radius 3 is 2.50 bits per heavy atom. The molecule has 1 amide bonds. The van der Waals surface area contributed by atoms with Crippen molar-refractivity contribution in [2.24, 2.45) is 0 Å². The number of carboxylic acid groups (broad SMARTS) is 1. The van der Waals surface area contributed by atoms with Crippen LogP contribution in [0, 0.1) is 0 Å². The van der Waals surface area contributed by atoms with Crippen LogP contribution in [0.1, 0.15) is 48.7 Å². The van der Waals surface area contributed by atoms with Gasteiger partial charge >= 0.3 is 18.2 Å². The molecule has 156 valence electrons. The van der Waals surface area contributed by atoms with Gasteiger partial charge < -0.3 is 15.2 Å². The zero-order valence-corrected chi connectivity index (χ0v) is 16.4. The van der Waals surface area contributed by atoms with Crippen LogP contribution >= 0.6 is 11.6 Å². The van der Waals surface area contributed by atoms with Crippen molar-refractivity contribution < 1.29 is 32.6 Å². The number of alkyl halides is 3. The second kappa shape index (κ2) is 8.16. The zero-order chi connectivity index (χ0) is 21.3. The number of rotatable bonds is 4. The minimum atomic E-state index is -4.74. The number of hydrogen-bond donors (Lipinski definition) is 2. The third-order valence-electron chi connectivity index (χ3n) is 4.12. The van der Waals surface area contributed by atoms with Crippen molar-refractivity contribution in [3.8, 4) is 0 Å². The van der Waals surface area contributed by atoms with Crippen LogP contribution in [0.25, 0.3) is 0 Å². The molecule has 1 atom stereocenters. The molecule has 0 radical (unpaired) electrons. The van der Waals surface area contributed by atoms with Crippen molar-refractivity contribution >= 4 is 23.7 Å². The highest BCUT2D eigenvalue weighted by molar-refractivity contribution is 6.31. The van der Waals surface area contributed by atoms with Gasteiger partial charge in [0, 0.05) is 30.7 Å². The standard InChI is InChI=1S/C18H22ClF3N2O4/c1-17(2,3)28-16(27)23-11-4-5-24(8-11)9-12-13(18(20,21)22)6-10(15(25)26)7-14(12)19/h6-7,11H,4-5,8-9H2,1-3H3,(H,23,27)(H,25,26). The molecular formula is C18H22ClF3N2O4. The van der Waals surface area contributed by atoms with Crippen molar-refractivity contribution in [1.82, 2.24) is 10.2 Å². The van der Waals surface area contributed by atoms with Crippen LogP contribution in [0.3, 0.4) is 0 Å². The van der Waals surface area contributed by atoms with E-state index in [-0.39, 0.29) is 23.2 Å². The molecule has 0 aliphatic carbocycles. The molecule has 28 heavy (non-hydrogen) atoms. The van der Waals surface area contributed by atoms with Gasteiger partial charge in [-0.1, -0.05) is 11.6 Å². The van der Waals surface area contributed by atoms with Crippen LogP contribution < -0.4 is 5.32 Å². The Morgan fingerprint density at radius 1 is 1.32 bits per heavy atom. The maximum atomic E-state index is 13.4. The molecule has 1 unspecified atom stereocenters. The number of carboxylic acids is 1. The van der Waals surface area contributed by atoms with Gasteiger partial charge in [-0.2, -0.15) is 13.2 Å². The van der Waals surface area contributed by atoms with E-state index in [1.165, 1.54) is 0 Å². The van der Waals surface area contributed by atoms with E-state index in [1.807, 2.05) is 0 Å². The van der Waals surface area contributed by atoms with Gasteiger partial charge in [-0.05, 0) is 44.9 Å². The highest BCUT2D eigenvalue weighted by atomic mass is 35.5. The maximum absolute atomic E-state index is 13.4. The number of ether oxygens (including phenoxy) is 1. The first-order valence-corrected chi connectivity index (χ1v) is 8.99. The van der Waals surface area contributed by atoms with E-state index >= 15 is 0 Å². The SMILES string of the molecule is CC(C)(C)OC(=O)NC1CCN(Cc2c(Cl)cc(C(=O)O)cc2C(F)(F)F)C1. The van der Waals surface area contributed by atoms with E-state index < -0.39 is 35.0 Å². The molecule has 0 spiro atoms. The predicted octanol–water partition coefficient (Wildman–Crippen LogP) is 4.16. The Kier molecular flexibility index (Phi) is 6.50. The topological polar surface area (TPSA) is 78.9 Å². The maximum Gasteiger partial charge on any atom is 0.416 e. The Morgan fingerprint density at radius 2 is 1.96 bits per heavy atom. The van der Waals surface area contributed by atoms with Crippen molar-refractivity contribution in [2.75, 3.05) is 13.1 Å². The number of hydrogen-bond acceptors (Lipinski definition) is 4. The number of halogens is 4. The molecule has 1 aromatic carbocycles. The molecule has 1 fully saturated rings. The fourth-order valence-electron chi connectivity index (χ4n) is 2.97. The van der Waals surface area contributed by atoms with Gasteiger partial charge in [-0.3, -0.25) is 4.90 Å². The Labute approximate surface area is 165 Å². The predicted molar refractivity (Wildman–Crippen MR) is 96.5 cm³/mol. The molecule has 6 nitrogen and oxygen atoms in total. The van der Waals surface area contributed by atoms with Crippen molar-refractivity contribution in [3.63, 3.8) is 0 Å². The quantitative estimate of drug-likeness (QED) is 0.761. The van der Waals surface area contributed by atoms with Gasteiger partial charge in [0.1, 0.15) is 5.60 Å². The van der Waals surface area contributed by atoms with Gasteiger partial charge in [0.05, 0.1) is 11.1 Å². The number of alkyl carbamates (subject to hydrolysis) is 1. The fraction of sp³-hybridized carbons (Fsp3) is 0.556. The van der Waals surface area contributed by atoms with Crippen molar-refractivity contribution in [1.29, 1.82) is 0 Å². The number of carbonyl (C=O) groups excluding carboxylic acids is 1. The van der Waals surface area contributed by atoms with Crippen molar-refractivity contribution in [3.05, 3.63) is 33.8 Å². The lowest BCUT2D eigenvalue weighted by molar-refractivity contribution is -0.138. The van der Waals surface area contributed by atoms with E-state index in [9.17, 15) is 22.8 Å². The summed E-state index contributed by atoms with van der Waals surface area (Å²) in [5.74, 6) is -1.48. The summed E-state index contributed by atoms with van der Waals surface area (Å²) in [6.45, 7) is 5.86. The summed E-state index contributed by atoms with van der Waals surface area (Å²) < 4.78 is 45.4. The van der Waals surface area contributed by atoms with E-state index in [4.69, 9.17) is 21.4 Å². The highest BCUT2D eigenvalue weighted by Crippen LogP contribution is 2.37. The Bertz CT molecular complexity index is 762. The molecule has 1 aliphatic heterocycles. The van der Waals surface area contributed by atoms with Crippen LogP contribution in [0.5, 0.6) is 0 Å². The molecule has 0 aromatic heterocycles. The number of aromatic carboxylic acids is 1. The van der Waals surface area contributed by atoms with Gasteiger partial charge in [-0.15, -0.1) is 0 Å². The minimum Gasteiger partial charge on any atom is -0.478 e. The van der Waals surface area contributed by atoms with Gasteiger partial charge in [0.2, 0.25) is 0 Å². The zero-order valence-electron chi connectivity index (χ0n) is 15.7. The Balaban J connectivity index is 2.12. The molecule has 0 saturated carbocycles. The first-order chi connectivity index (χ1) is 12.8. The molecule has 2 rings (SSSR count). The van der Waals surface area contributed by atoms with Crippen LogP contribution in [0.2, 0.25) is 5.02 Å². The van der Waals surface area contributed by atoms with Crippen LogP contribution in [0.15, 0.2) is 12.1 Å². The summed E-state index contributed by atoms with van der Waals surface area (Å²) in [5.41, 5.74) is -2.42. The monoisotopic (exact) mass is 422 g/mol. The third kappa shape index (κ3) is 6.00. The molecule has 1 aliphatic rings. The van der Waals surface area contributed by atoms with Crippen LogP contribution in [0.4, 0.5) is 18.0 Å². The van der Waals surface area contributed by atoms with Gasteiger partial charge in [-0.25, -0.2) is 9.59 Å². The number of benzene rings is 1. The molecule has 0 bridgehead atoms. The van der Waals surface area contributed by atoms with E-state index in [0.717, 1.165) is 6.07 Å². The highest BCUT2D eigenvalue weighted by Gasteiger charge is 2.36. The smallest absolute Gasteiger partial charge is 0.416 e. The summed E-state index contributed by atoms with van der Waals surface area (Å²) >= 11 is 5.98. The number of carbonyl (C=O) groups is 2. The summed E-state index contributed by atoms with van der Waals surface area (Å²) in [5, 5.41) is 11.4. The number of nitrogens with one attached hydrogen (secondary N) is 1. The molecular weight excluding hydrogens is 401 g/mol. The largest absolute Gasteiger partial charge is 0.478 e. The van der Waals surface area contributed by atoms with Gasteiger partial charge in [0.15, 0.2) is 0 Å². The van der Waals surface area contributed by atoms with E-state index in [1.54, 1.807) is 25.7 Å².